The largest absolute Gasteiger partial charge is 0.380 e. The molecule has 1 N–H and O–H groups in total. The summed E-state index contributed by atoms with van der Waals surface area (Å²) >= 11 is 0. The first kappa shape index (κ1) is 15.7. The van der Waals surface area contributed by atoms with Gasteiger partial charge in [-0.05, 0) is 19.3 Å². The molecule has 106 valence electrons. The Labute approximate surface area is 113 Å². The molecule has 3 heteroatoms. The van der Waals surface area contributed by atoms with Crippen molar-refractivity contribution in [3.8, 4) is 0 Å². The van der Waals surface area contributed by atoms with E-state index in [-0.39, 0.29) is 0 Å². The quantitative estimate of drug-likeness (QED) is 0.531. The average molecular weight is 254 g/mol. The van der Waals surface area contributed by atoms with Crippen LogP contribution < -0.4 is 5.32 Å². The monoisotopic (exact) mass is 254 g/mol. The van der Waals surface area contributed by atoms with E-state index in [9.17, 15) is 0 Å². The third kappa shape index (κ3) is 5.09. The Bertz CT molecular complexity index is 233. The van der Waals surface area contributed by atoms with E-state index >= 15 is 0 Å². The van der Waals surface area contributed by atoms with Crippen molar-refractivity contribution in [1.29, 1.82) is 0 Å². The first-order valence-corrected chi connectivity index (χ1v) is 7.35. The minimum Gasteiger partial charge on any atom is -0.380 e. The van der Waals surface area contributed by atoms with Crippen LogP contribution >= 0.6 is 0 Å². The van der Waals surface area contributed by atoms with Crippen molar-refractivity contribution >= 4 is 0 Å². The van der Waals surface area contributed by atoms with Crippen molar-refractivity contribution in [2.45, 2.75) is 45.7 Å². The van der Waals surface area contributed by atoms with E-state index in [1.807, 2.05) is 6.08 Å². The first-order valence-electron chi connectivity index (χ1n) is 7.35. The van der Waals surface area contributed by atoms with Gasteiger partial charge in [-0.3, -0.25) is 4.90 Å². The van der Waals surface area contributed by atoms with E-state index in [1.54, 1.807) is 0 Å². The highest BCUT2D eigenvalue weighted by molar-refractivity contribution is 4.86. The van der Waals surface area contributed by atoms with Crippen molar-refractivity contribution in [3.63, 3.8) is 0 Å². The molecule has 1 fully saturated rings. The van der Waals surface area contributed by atoms with Crippen molar-refractivity contribution in [1.82, 2.24) is 10.2 Å². The van der Waals surface area contributed by atoms with Crippen LogP contribution in [0.4, 0.5) is 0 Å². The van der Waals surface area contributed by atoms with Crippen molar-refractivity contribution < 1.29 is 4.74 Å². The molecule has 1 aliphatic heterocycles. The number of piperazine rings is 1. The van der Waals surface area contributed by atoms with Gasteiger partial charge in [0.15, 0.2) is 0 Å². The lowest BCUT2D eigenvalue weighted by Gasteiger charge is -2.40. The number of rotatable bonds is 8. The fourth-order valence-electron chi connectivity index (χ4n) is 2.38. The van der Waals surface area contributed by atoms with Crippen LogP contribution in [0.5, 0.6) is 0 Å². The van der Waals surface area contributed by atoms with E-state index in [2.05, 4.69) is 37.6 Å². The second kappa shape index (κ2) is 8.68. The molecule has 1 heterocycles. The van der Waals surface area contributed by atoms with Crippen LogP contribution in [-0.4, -0.2) is 49.8 Å². The van der Waals surface area contributed by atoms with Crippen LogP contribution in [0.15, 0.2) is 12.7 Å². The van der Waals surface area contributed by atoms with Gasteiger partial charge in [-0.1, -0.05) is 26.3 Å². The molecule has 0 spiro atoms. The molecule has 0 bridgehead atoms. The highest BCUT2D eigenvalue weighted by atomic mass is 16.5. The van der Waals surface area contributed by atoms with E-state index in [0.717, 1.165) is 45.2 Å². The number of hydrogen-bond donors (Lipinski definition) is 1. The number of nitrogens with zero attached hydrogens (tertiary/aromatic N) is 1. The predicted octanol–water partition coefficient (Wildman–Crippen LogP) is 2.29. The molecular weight excluding hydrogens is 224 g/mol. The molecule has 18 heavy (non-hydrogen) atoms. The molecule has 0 radical (unpaired) electrons. The molecule has 1 saturated heterocycles. The van der Waals surface area contributed by atoms with Crippen LogP contribution in [0.1, 0.15) is 33.6 Å². The second-order valence-electron chi connectivity index (χ2n) is 5.43. The smallest absolute Gasteiger partial charge is 0.0593 e. The maximum atomic E-state index is 5.61. The van der Waals surface area contributed by atoms with Crippen LogP contribution in [0.3, 0.4) is 0 Å². The molecule has 0 amide bonds. The molecular formula is C15H30N2O. The van der Waals surface area contributed by atoms with Crippen molar-refractivity contribution in [2.75, 3.05) is 32.8 Å². The Kier molecular flexibility index (Phi) is 7.56. The summed E-state index contributed by atoms with van der Waals surface area (Å²) in [6.07, 6.45) is 4.11. The van der Waals surface area contributed by atoms with Crippen molar-refractivity contribution in [3.05, 3.63) is 12.7 Å². The van der Waals surface area contributed by atoms with Crippen LogP contribution in [0.2, 0.25) is 0 Å². The zero-order valence-electron chi connectivity index (χ0n) is 12.3. The number of ether oxygens (including phenoxy) is 1. The van der Waals surface area contributed by atoms with E-state index in [4.69, 9.17) is 4.74 Å². The Hall–Kier alpha value is -0.380. The molecule has 3 atom stereocenters. The van der Waals surface area contributed by atoms with E-state index in [1.165, 1.54) is 6.42 Å². The van der Waals surface area contributed by atoms with Gasteiger partial charge < -0.3 is 10.1 Å². The topological polar surface area (TPSA) is 24.5 Å². The molecule has 0 aliphatic carbocycles. The third-order valence-corrected chi connectivity index (χ3v) is 4.05. The molecule has 0 aromatic carbocycles. The van der Waals surface area contributed by atoms with Gasteiger partial charge in [-0.25, -0.2) is 0 Å². The summed E-state index contributed by atoms with van der Waals surface area (Å²) in [6.45, 7) is 15.6. The first-order chi connectivity index (χ1) is 8.69. The fraction of sp³-hybridized carbons (Fsp3) is 0.867. The molecule has 3 nitrogen and oxygen atoms in total. The lowest BCUT2D eigenvalue weighted by atomic mass is 9.96. The van der Waals surface area contributed by atoms with Gasteiger partial charge in [0.05, 0.1) is 13.2 Å². The summed E-state index contributed by atoms with van der Waals surface area (Å²) in [5.74, 6) is 0.752. The Morgan fingerprint density at radius 3 is 2.94 bits per heavy atom. The molecule has 1 rings (SSSR count). The van der Waals surface area contributed by atoms with Crippen molar-refractivity contribution in [2.24, 2.45) is 5.92 Å². The second-order valence-corrected chi connectivity index (χ2v) is 5.43. The lowest BCUT2D eigenvalue weighted by Crippen LogP contribution is -2.57. The van der Waals surface area contributed by atoms with Gasteiger partial charge in [-0.15, -0.1) is 6.58 Å². The molecule has 0 aromatic rings. The van der Waals surface area contributed by atoms with Gasteiger partial charge in [-0.2, -0.15) is 0 Å². The molecule has 0 aromatic heterocycles. The highest BCUT2D eigenvalue weighted by Gasteiger charge is 2.27. The van der Waals surface area contributed by atoms with E-state index in [0.29, 0.717) is 12.1 Å². The van der Waals surface area contributed by atoms with Crippen LogP contribution in [0.25, 0.3) is 0 Å². The van der Waals surface area contributed by atoms with Gasteiger partial charge in [0.25, 0.3) is 0 Å². The van der Waals surface area contributed by atoms with Crippen LogP contribution in [-0.2, 0) is 4.74 Å². The summed E-state index contributed by atoms with van der Waals surface area (Å²) in [7, 11) is 0. The summed E-state index contributed by atoms with van der Waals surface area (Å²) < 4.78 is 5.61. The van der Waals surface area contributed by atoms with Gasteiger partial charge in [0.1, 0.15) is 0 Å². The Morgan fingerprint density at radius 2 is 2.28 bits per heavy atom. The van der Waals surface area contributed by atoms with E-state index < -0.39 is 0 Å². The van der Waals surface area contributed by atoms with Gasteiger partial charge >= 0.3 is 0 Å². The summed E-state index contributed by atoms with van der Waals surface area (Å²) in [6, 6.07) is 1.26. The minimum atomic E-state index is 0.619. The average Bonchev–Trinajstić information content (AvgIpc) is 2.39. The summed E-state index contributed by atoms with van der Waals surface area (Å²) in [4.78, 5) is 2.56. The maximum Gasteiger partial charge on any atom is 0.0593 e. The lowest BCUT2D eigenvalue weighted by molar-refractivity contribution is 0.0640. The zero-order valence-corrected chi connectivity index (χ0v) is 12.3. The number of nitrogens with one attached hydrogen (secondary N) is 1. The number of hydrogen-bond acceptors (Lipinski definition) is 3. The SMILES string of the molecule is C=CCCOCCN1CC(C(C)CC)NCC1C. The highest BCUT2D eigenvalue weighted by Crippen LogP contribution is 2.15. The predicted molar refractivity (Wildman–Crippen MR) is 77.9 cm³/mol. The molecule has 0 saturated carbocycles. The molecule has 3 unspecified atom stereocenters. The normalized spacial score (nSPS) is 27.1. The summed E-state index contributed by atoms with van der Waals surface area (Å²) in [5, 5.41) is 3.66. The van der Waals surface area contributed by atoms with Gasteiger partial charge in [0.2, 0.25) is 0 Å². The molecule has 1 aliphatic rings. The Morgan fingerprint density at radius 1 is 1.50 bits per heavy atom. The zero-order chi connectivity index (χ0) is 13.4. The summed E-state index contributed by atoms with van der Waals surface area (Å²) in [5.41, 5.74) is 0. The van der Waals surface area contributed by atoms with Gasteiger partial charge in [0, 0.05) is 31.7 Å². The Balaban J connectivity index is 2.26. The minimum absolute atomic E-state index is 0.619. The van der Waals surface area contributed by atoms with Crippen LogP contribution in [0, 0.1) is 5.92 Å². The standard InChI is InChI=1S/C15H30N2O/c1-5-7-9-18-10-8-17-12-15(13(3)6-2)16-11-14(17)4/h5,13-16H,1,6-12H2,2-4H3. The maximum absolute atomic E-state index is 5.61. The third-order valence-electron chi connectivity index (χ3n) is 4.05. The fourth-order valence-corrected chi connectivity index (χ4v) is 2.38.